The molecule has 0 fully saturated rings. The third-order valence-corrected chi connectivity index (χ3v) is 4.03. The lowest BCUT2D eigenvalue weighted by molar-refractivity contribution is -0.387. The van der Waals surface area contributed by atoms with E-state index in [0.717, 1.165) is 0 Å². The van der Waals surface area contributed by atoms with Gasteiger partial charge in [0.2, 0.25) is 10.0 Å². The third kappa shape index (κ3) is 4.60. The van der Waals surface area contributed by atoms with Crippen molar-refractivity contribution < 1.29 is 13.3 Å². The molecule has 1 rings (SSSR count). The fourth-order valence-corrected chi connectivity index (χ4v) is 2.68. The molecule has 1 aromatic rings. The summed E-state index contributed by atoms with van der Waals surface area (Å²) >= 11 is 0. The number of hydrogen-bond donors (Lipinski definition) is 1. The number of sulfonamides is 1. The molecule has 106 valence electrons. The molecule has 0 radical (unpaired) electrons. The highest BCUT2D eigenvalue weighted by atomic mass is 32.2. The summed E-state index contributed by atoms with van der Waals surface area (Å²) in [6.45, 7) is 6.22. The van der Waals surface area contributed by atoms with Crippen LogP contribution in [0.2, 0.25) is 0 Å². The van der Waals surface area contributed by atoms with Gasteiger partial charge in [-0.3, -0.25) is 10.1 Å². The second kappa shape index (κ2) is 5.66. The minimum absolute atomic E-state index is 0.00879. The maximum Gasteiger partial charge on any atom is 0.289 e. The van der Waals surface area contributed by atoms with Crippen LogP contribution < -0.4 is 4.72 Å². The van der Waals surface area contributed by atoms with Crippen molar-refractivity contribution >= 4 is 15.7 Å². The highest BCUT2D eigenvalue weighted by Crippen LogP contribution is 2.23. The molecular formula is C12H18N2O4S. The van der Waals surface area contributed by atoms with E-state index in [1.807, 2.05) is 20.8 Å². The molecule has 0 heterocycles. The first-order valence-corrected chi connectivity index (χ1v) is 7.35. The Kier molecular flexibility index (Phi) is 4.65. The lowest BCUT2D eigenvalue weighted by Gasteiger charge is -2.18. The quantitative estimate of drug-likeness (QED) is 0.664. The fraction of sp³-hybridized carbons (Fsp3) is 0.500. The van der Waals surface area contributed by atoms with E-state index in [-0.39, 0.29) is 16.9 Å². The zero-order chi connectivity index (χ0) is 14.7. The van der Waals surface area contributed by atoms with Crippen LogP contribution in [0, 0.1) is 15.5 Å². The topological polar surface area (TPSA) is 89.3 Å². The molecule has 1 aromatic carbocycles. The standard InChI is InChI=1S/C12H18N2O4S/c1-12(2,3)8-9-13-19(17,18)11-7-5-4-6-10(11)14(15)16/h4-7,13H,8-9H2,1-3H3. The minimum Gasteiger partial charge on any atom is -0.258 e. The number of benzene rings is 1. The van der Waals surface area contributed by atoms with Gasteiger partial charge in [0.05, 0.1) is 4.92 Å². The smallest absolute Gasteiger partial charge is 0.258 e. The molecule has 0 amide bonds. The van der Waals surface area contributed by atoms with Crippen LogP contribution in [-0.2, 0) is 10.0 Å². The van der Waals surface area contributed by atoms with Gasteiger partial charge >= 0.3 is 0 Å². The Hall–Kier alpha value is -1.47. The fourth-order valence-electron chi connectivity index (χ4n) is 1.47. The van der Waals surface area contributed by atoms with Gasteiger partial charge in [0.1, 0.15) is 0 Å². The normalized spacial score (nSPS) is 12.4. The lowest BCUT2D eigenvalue weighted by Crippen LogP contribution is -2.28. The van der Waals surface area contributed by atoms with Crippen LogP contribution in [0.5, 0.6) is 0 Å². The Morgan fingerprint density at radius 3 is 2.37 bits per heavy atom. The maximum absolute atomic E-state index is 12.0. The predicted octanol–water partition coefficient (Wildman–Crippen LogP) is 2.31. The van der Waals surface area contributed by atoms with Crippen LogP contribution in [0.25, 0.3) is 0 Å². The van der Waals surface area contributed by atoms with Crippen LogP contribution in [0.15, 0.2) is 29.2 Å². The van der Waals surface area contributed by atoms with E-state index in [1.165, 1.54) is 24.3 Å². The Bertz CT molecular complexity index is 561. The van der Waals surface area contributed by atoms with Crippen molar-refractivity contribution in [3.63, 3.8) is 0 Å². The zero-order valence-electron chi connectivity index (χ0n) is 11.2. The lowest BCUT2D eigenvalue weighted by atomic mass is 9.93. The second-order valence-corrected chi connectivity index (χ2v) is 7.17. The van der Waals surface area contributed by atoms with Gasteiger partial charge < -0.3 is 0 Å². The predicted molar refractivity (Wildman–Crippen MR) is 72.4 cm³/mol. The molecule has 0 aliphatic heterocycles. The van der Waals surface area contributed by atoms with Crippen LogP contribution >= 0.6 is 0 Å². The molecule has 0 atom stereocenters. The van der Waals surface area contributed by atoms with Gasteiger partial charge in [0, 0.05) is 12.6 Å². The number of nitrogens with one attached hydrogen (secondary N) is 1. The molecule has 0 saturated heterocycles. The van der Waals surface area contributed by atoms with E-state index in [1.54, 1.807) is 0 Å². The number of rotatable bonds is 5. The summed E-state index contributed by atoms with van der Waals surface area (Å²) in [4.78, 5) is 9.82. The zero-order valence-corrected chi connectivity index (χ0v) is 12.0. The molecule has 0 bridgehead atoms. The Balaban J connectivity index is 2.92. The summed E-state index contributed by atoms with van der Waals surface area (Å²) < 4.78 is 26.5. The number of nitrogens with zero attached hydrogens (tertiary/aromatic N) is 1. The van der Waals surface area contributed by atoms with E-state index < -0.39 is 20.6 Å². The molecule has 19 heavy (non-hydrogen) atoms. The van der Waals surface area contributed by atoms with E-state index >= 15 is 0 Å². The van der Waals surface area contributed by atoms with Crippen molar-refractivity contribution in [2.45, 2.75) is 32.1 Å². The third-order valence-electron chi connectivity index (χ3n) is 2.52. The van der Waals surface area contributed by atoms with Crippen LogP contribution in [0.1, 0.15) is 27.2 Å². The van der Waals surface area contributed by atoms with Crippen molar-refractivity contribution in [2.24, 2.45) is 5.41 Å². The van der Waals surface area contributed by atoms with Gasteiger partial charge in [-0.15, -0.1) is 0 Å². The summed E-state index contributed by atoms with van der Waals surface area (Å²) in [5, 5.41) is 10.8. The minimum atomic E-state index is -3.85. The average molecular weight is 286 g/mol. The first-order chi connectivity index (χ1) is 8.63. The molecule has 0 saturated carbocycles. The molecule has 0 aliphatic carbocycles. The molecule has 0 aromatic heterocycles. The van der Waals surface area contributed by atoms with Gasteiger partial charge in [0.15, 0.2) is 4.90 Å². The first-order valence-electron chi connectivity index (χ1n) is 5.86. The average Bonchev–Trinajstić information content (AvgIpc) is 2.27. The van der Waals surface area contributed by atoms with E-state index in [9.17, 15) is 18.5 Å². The van der Waals surface area contributed by atoms with Crippen molar-refractivity contribution in [2.75, 3.05) is 6.54 Å². The number of nitro benzene ring substituents is 1. The molecular weight excluding hydrogens is 268 g/mol. The summed E-state index contributed by atoms with van der Waals surface area (Å²) in [6, 6.07) is 5.31. The summed E-state index contributed by atoms with van der Waals surface area (Å²) in [6.07, 6.45) is 0.646. The highest BCUT2D eigenvalue weighted by Gasteiger charge is 2.25. The number of para-hydroxylation sites is 1. The largest absolute Gasteiger partial charge is 0.289 e. The van der Waals surface area contributed by atoms with E-state index in [2.05, 4.69) is 4.72 Å². The summed E-state index contributed by atoms with van der Waals surface area (Å²) in [7, 11) is -3.85. The molecule has 0 aliphatic rings. The van der Waals surface area contributed by atoms with Crippen molar-refractivity contribution in [3.8, 4) is 0 Å². The van der Waals surface area contributed by atoms with Crippen molar-refractivity contribution in [1.29, 1.82) is 0 Å². The highest BCUT2D eigenvalue weighted by molar-refractivity contribution is 7.89. The molecule has 0 unspecified atom stereocenters. The van der Waals surface area contributed by atoms with Crippen LogP contribution in [-0.4, -0.2) is 19.9 Å². The Labute approximate surface area is 113 Å². The van der Waals surface area contributed by atoms with E-state index in [0.29, 0.717) is 6.42 Å². The monoisotopic (exact) mass is 286 g/mol. The van der Waals surface area contributed by atoms with Gasteiger partial charge in [-0.1, -0.05) is 32.9 Å². The molecule has 0 spiro atoms. The molecule has 6 nitrogen and oxygen atoms in total. The van der Waals surface area contributed by atoms with Crippen LogP contribution in [0.3, 0.4) is 0 Å². The molecule has 7 heteroatoms. The summed E-state index contributed by atoms with van der Waals surface area (Å²) in [5.74, 6) is 0. The summed E-state index contributed by atoms with van der Waals surface area (Å²) in [5.41, 5.74) is -0.420. The Morgan fingerprint density at radius 1 is 1.26 bits per heavy atom. The van der Waals surface area contributed by atoms with Crippen LogP contribution in [0.4, 0.5) is 5.69 Å². The maximum atomic E-state index is 12.0. The SMILES string of the molecule is CC(C)(C)CCNS(=O)(=O)c1ccccc1[N+](=O)[O-]. The number of nitro groups is 1. The van der Waals surface area contributed by atoms with E-state index in [4.69, 9.17) is 0 Å². The first kappa shape index (κ1) is 15.6. The van der Waals surface area contributed by atoms with Gasteiger partial charge in [-0.2, -0.15) is 0 Å². The Morgan fingerprint density at radius 2 is 1.84 bits per heavy atom. The molecule has 1 N–H and O–H groups in total. The van der Waals surface area contributed by atoms with Gasteiger partial charge in [-0.05, 0) is 17.9 Å². The number of hydrogen-bond acceptors (Lipinski definition) is 4. The van der Waals surface area contributed by atoms with Crippen molar-refractivity contribution in [3.05, 3.63) is 34.4 Å². The van der Waals surface area contributed by atoms with Gasteiger partial charge in [-0.25, -0.2) is 13.1 Å². The van der Waals surface area contributed by atoms with Crippen molar-refractivity contribution in [1.82, 2.24) is 4.72 Å². The second-order valence-electron chi connectivity index (χ2n) is 5.43. The van der Waals surface area contributed by atoms with Gasteiger partial charge in [0.25, 0.3) is 5.69 Å².